The molecule has 0 bridgehead atoms. The van der Waals surface area contributed by atoms with Gasteiger partial charge in [-0.05, 0) is 31.2 Å². The molecule has 11 heteroatoms. The fourth-order valence-electron chi connectivity index (χ4n) is 3.58. The average molecular weight is 420 g/mol. The summed E-state index contributed by atoms with van der Waals surface area (Å²) in [5, 5.41) is 21.6. The lowest BCUT2D eigenvalue weighted by molar-refractivity contribution is -0.192. The van der Waals surface area contributed by atoms with Gasteiger partial charge in [-0.25, -0.2) is 14.8 Å². The second-order valence-corrected chi connectivity index (χ2v) is 7.02. The molecule has 3 heterocycles. The molecule has 8 nitrogen and oxygen atoms in total. The van der Waals surface area contributed by atoms with Crippen LogP contribution in [0.1, 0.15) is 38.1 Å². The van der Waals surface area contributed by atoms with Crippen molar-refractivity contribution >= 4 is 17.0 Å². The number of aromatic nitrogens is 5. The number of carboxylic acids is 1. The highest BCUT2D eigenvalue weighted by atomic mass is 19.4. The molecule has 0 spiro atoms. The van der Waals surface area contributed by atoms with Gasteiger partial charge in [-0.2, -0.15) is 23.5 Å². The van der Waals surface area contributed by atoms with Gasteiger partial charge >= 0.3 is 12.1 Å². The van der Waals surface area contributed by atoms with Gasteiger partial charge in [-0.15, -0.1) is 0 Å². The maximum Gasteiger partial charge on any atom is 0.490 e. The minimum Gasteiger partial charge on any atom is -0.475 e. The molecule has 158 valence electrons. The van der Waals surface area contributed by atoms with Crippen molar-refractivity contribution < 1.29 is 23.1 Å². The molecular formula is C19H19F3N6O2. The molecular weight excluding hydrogens is 401 g/mol. The van der Waals surface area contributed by atoms with Crippen molar-refractivity contribution in [2.24, 2.45) is 5.92 Å². The summed E-state index contributed by atoms with van der Waals surface area (Å²) < 4.78 is 33.8. The van der Waals surface area contributed by atoms with Crippen molar-refractivity contribution in [1.82, 2.24) is 24.7 Å². The Morgan fingerprint density at radius 2 is 2.13 bits per heavy atom. The monoisotopic (exact) mass is 420 g/mol. The number of H-pyrrole nitrogens is 1. The predicted molar refractivity (Wildman–Crippen MR) is 100 cm³/mol. The molecule has 2 unspecified atom stereocenters. The molecule has 4 rings (SSSR count). The van der Waals surface area contributed by atoms with E-state index in [1.54, 1.807) is 6.33 Å². The van der Waals surface area contributed by atoms with Crippen LogP contribution in [0.3, 0.4) is 0 Å². The van der Waals surface area contributed by atoms with Crippen LogP contribution in [0.4, 0.5) is 13.2 Å². The van der Waals surface area contributed by atoms with Gasteiger partial charge in [0.2, 0.25) is 0 Å². The Morgan fingerprint density at radius 1 is 1.37 bits per heavy atom. The number of halogens is 3. The van der Waals surface area contributed by atoms with E-state index in [1.807, 2.05) is 18.5 Å². The van der Waals surface area contributed by atoms with Crippen molar-refractivity contribution in [3.63, 3.8) is 0 Å². The first-order chi connectivity index (χ1) is 14.3. The number of nitrogens with zero attached hydrogens (tertiary/aromatic N) is 5. The molecule has 1 fully saturated rings. The lowest BCUT2D eigenvalue weighted by Gasteiger charge is -2.27. The molecule has 2 N–H and O–H groups in total. The Labute approximate surface area is 169 Å². The maximum absolute atomic E-state index is 10.6. The van der Waals surface area contributed by atoms with Gasteiger partial charge in [0.15, 0.2) is 0 Å². The molecule has 2 atom stereocenters. The van der Waals surface area contributed by atoms with Gasteiger partial charge in [0.05, 0.1) is 24.0 Å². The SMILES string of the molecule is N#CCC1CCCC(n2cc(-c3ncnc4[nH]ccc34)cn2)C1.O=C(O)C(F)(F)F. The maximum atomic E-state index is 10.6. The third-order valence-electron chi connectivity index (χ3n) is 4.98. The lowest BCUT2D eigenvalue weighted by Crippen LogP contribution is -2.21. The largest absolute Gasteiger partial charge is 0.490 e. The van der Waals surface area contributed by atoms with Crippen LogP contribution in [0.15, 0.2) is 31.0 Å². The number of aromatic amines is 1. The van der Waals surface area contributed by atoms with Crippen molar-refractivity contribution in [1.29, 1.82) is 5.26 Å². The smallest absolute Gasteiger partial charge is 0.475 e. The van der Waals surface area contributed by atoms with Crippen LogP contribution < -0.4 is 0 Å². The number of alkyl halides is 3. The van der Waals surface area contributed by atoms with Crippen LogP contribution in [0, 0.1) is 17.2 Å². The number of nitrogens with one attached hydrogen (secondary N) is 1. The highest BCUT2D eigenvalue weighted by molar-refractivity contribution is 5.89. The van der Waals surface area contributed by atoms with Crippen molar-refractivity contribution in [2.45, 2.75) is 44.3 Å². The highest BCUT2D eigenvalue weighted by Gasteiger charge is 2.38. The van der Waals surface area contributed by atoms with Crippen LogP contribution in [0.5, 0.6) is 0 Å². The number of carboxylic acid groups (broad SMARTS) is 1. The third kappa shape index (κ3) is 4.94. The third-order valence-corrected chi connectivity index (χ3v) is 4.98. The number of hydrogen-bond acceptors (Lipinski definition) is 5. The van der Waals surface area contributed by atoms with Crippen molar-refractivity contribution in [3.8, 4) is 17.3 Å². The average Bonchev–Trinajstić information content (AvgIpc) is 3.38. The zero-order valence-electron chi connectivity index (χ0n) is 15.8. The summed E-state index contributed by atoms with van der Waals surface area (Å²) in [5.74, 6) is -2.26. The van der Waals surface area contributed by atoms with E-state index < -0.39 is 12.1 Å². The van der Waals surface area contributed by atoms with Crippen LogP contribution in [0.2, 0.25) is 0 Å². The second-order valence-electron chi connectivity index (χ2n) is 7.02. The molecule has 0 amide bonds. The fraction of sp³-hybridized carbons (Fsp3) is 0.421. The summed E-state index contributed by atoms with van der Waals surface area (Å²) in [6, 6.07) is 4.69. The molecule has 30 heavy (non-hydrogen) atoms. The molecule has 1 saturated carbocycles. The Hall–Kier alpha value is -3.42. The van der Waals surface area contributed by atoms with E-state index in [-0.39, 0.29) is 0 Å². The van der Waals surface area contributed by atoms with Crippen LogP contribution in [-0.4, -0.2) is 42.0 Å². The van der Waals surface area contributed by atoms with Crippen LogP contribution in [-0.2, 0) is 4.79 Å². The predicted octanol–water partition coefficient (Wildman–Crippen LogP) is 4.10. The molecule has 3 aromatic rings. The van der Waals surface area contributed by atoms with E-state index in [9.17, 15) is 13.2 Å². The topological polar surface area (TPSA) is 120 Å². The zero-order chi connectivity index (χ0) is 21.7. The number of nitriles is 1. The minimum atomic E-state index is -5.08. The van der Waals surface area contributed by atoms with Crippen LogP contribution >= 0.6 is 0 Å². The number of hydrogen-bond donors (Lipinski definition) is 2. The fourth-order valence-corrected chi connectivity index (χ4v) is 3.58. The lowest BCUT2D eigenvalue weighted by atomic mass is 9.84. The van der Waals surface area contributed by atoms with E-state index in [2.05, 4.69) is 37.0 Å². The van der Waals surface area contributed by atoms with E-state index in [0.717, 1.165) is 41.6 Å². The number of fused-ring (bicyclic) bond motifs is 1. The Bertz CT molecular complexity index is 1050. The van der Waals surface area contributed by atoms with Crippen molar-refractivity contribution in [3.05, 3.63) is 31.0 Å². The van der Waals surface area contributed by atoms with Crippen LogP contribution in [0.25, 0.3) is 22.3 Å². The Kier molecular flexibility index (Phi) is 6.34. The normalized spacial score (nSPS) is 19.0. The summed E-state index contributed by atoms with van der Waals surface area (Å²) in [7, 11) is 0. The van der Waals surface area contributed by atoms with Gasteiger partial charge < -0.3 is 10.1 Å². The molecule has 1 aliphatic rings. The van der Waals surface area contributed by atoms with E-state index >= 15 is 0 Å². The zero-order valence-corrected chi connectivity index (χ0v) is 15.8. The number of rotatable bonds is 3. The summed E-state index contributed by atoms with van der Waals surface area (Å²) in [6.45, 7) is 0. The summed E-state index contributed by atoms with van der Waals surface area (Å²) in [4.78, 5) is 20.7. The second kappa shape index (κ2) is 8.94. The summed E-state index contributed by atoms with van der Waals surface area (Å²) >= 11 is 0. The van der Waals surface area contributed by atoms with Gasteiger partial charge in [-0.3, -0.25) is 4.68 Å². The highest BCUT2D eigenvalue weighted by Crippen LogP contribution is 2.35. The molecule has 3 aromatic heterocycles. The van der Waals surface area contributed by atoms with Crippen molar-refractivity contribution in [2.75, 3.05) is 0 Å². The first kappa shape index (κ1) is 21.3. The Balaban J connectivity index is 0.000000318. The Morgan fingerprint density at radius 3 is 2.83 bits per heavy atom. The molecule has 0 aromatic carbocycles. The number of carbonyl (C=O) groups is 1. The summed E-state index contributed by atoms with van der Waals surface area (Å²) in [5.41, 5.74) is 2.76. The standard InChI is InChI=1S/C17H18N6.C2HF3O2/c18-6-4-12-2-1-3-14(8-12)23-10-13(9-22-23)16-15-5-7-19-17(15)21-11-20-16;3-2(4,5)1(6)7/h5,7,9-12,14H,1-4,8H2,(H,19,20,21);(H,6,7). The molecule has 1 aliphatic carbocycles. The molecule has 0 radical (unpaired) electrons. The quantitative estimate of drug-likeness (QED) is 0.658. The minimum absolute atomic E-state index is 0.388. The molecule has 0 saturated heterocycles. The first-order valence-corrected chi connectivity index (χ1v) is 9.29. The van der Waals surface area contributed by atoms with Gasteiger partial charge in [0.25, 0.3) is 0 Å². The number of aliphatic carboxylic acids is 1. The first-order valence-electron chi connectivity index (χ1n) is 9.29. The summed E-state index contributed by atoms with van der Waals surface area (Å²) in [6.07, 6.45) is 7.48. The van der Waals surface area contributed by atoms with Gasteiger partial charge in [-0.1, -0.05) is 6.42 Å². The van der Waals surface area contributed by atoms with Gasteiger partial charge in [0, 0.05) is 29.8 Å². The molecule has 0 aliphatic heterocycles. The van der Waals surface area contributed by atoms with Gasteiger partial charge in [0.1, 0.15) is 12.0 Å². The van der Waals surface area contributed by atoms with E-state index in [4.69, 9.17) is 15.2 Å². The van der Waals surface area contributed by atoms with E-state index in [1.165, 1.54) is 6.42 Å². The van der Waals surface area contributed by atoms with E-state index in [0.29, 0.717) is 18.4 Å².